The van der Waals surface area contributed by atoms with E-state index >= 15 is 0 Å². The Morgan fingerprint density at radius 1 is 0.968 bits per heavy atom. The first-order valence-corrected chi connectivity index (χ1v) is 10.0. The third-order valence-electron chi connectivity index (χ3n) is 5.01. The SMILES string of the molecule is O=C1C(=O)N(c2cccc(Br)c2)[C@H](c2ccccc2[N+](=O)[O-])/C1=C(\O)c1ccccc1. The number of aliphatic hydroxyl groups excluding tert-OH is 1. The van der Waals surface area contributed by atoms with Crippen LogP contribution in [0.3, 0.4) is 0 Å². The van der Waals surface area contributed by atoms with Gasteiger partial charge in [0.15, 0.2) is 0 Å². The van der Waals surface area contributed by atoms with Crippen LogP contribution in [0.25, 0.3) is 5.76 Å². The number of rotatable bonds is 4. The Kier molecular flexibility index (Phi) is 5.39. The third kappa shape index (κ3) is 3.62. The summed E-state index contributed by atoms with van der Waals surface area (Å²) in [5.74, 6) is -2.18. The molecule has 0 spiro atoms. The van der Waals surface area contributed by atoms with Crippen molar-refractivity contribution in [3.8, 4) is 0 Å². The van der Waals surface area contributed by atoms with Crippen LogP contribution in [0.2, 0.25) is 0 Å². The fraction of sp³-hybridized carbons (Fsp3) is 0.0435. The van der Waals surface area contributed by atoms with Crippen LogP contribution in [0.1, 0.15) is 17.2 Å². The Bertz CT molecular complexity index is 1240. The summed E-state index contributed by atoms with van der Waals surface area (Å²) in [5.41, 5.74) is 0.369. The van der Waals surface area contributed by atoms with Crippen LogP contribution in [0.5, 0.6) is 0 Å². The summed E-state index contributed by atoms with van der Waals surface area (Å²) < 4.78 is 0.663. The number of ketones is 1. The van der Waals surface area contributed by atoms with Gasteiger partial charge in [-0.3, -0.25) is 24.6 Å². The molecule has 1 amide bonds. The quantitative estimate of drug-likeness (QED) is 0.187. The van der Waals surface area contributed by atoms with Gasteiger partial charge in [-0.1, -0.05) is 64.5 Å². The summed E-state index contributed by atoms with van der Waals surface area (Å²) in [5, 5.41) is 22.7. The summed E-state index contributed by atoms with van der Waals surface area (Å²) in [4.78, 5) is 38.5. The van der Waals surface area contributed by atoms with Crippen LogP contribution < -0.4 is 4.90 Å². The zero-order valence-electron chi connectivity index (χ0n) is 15.9. The van der Waals surface area contributed by atoms with Crippen molar-refractivity contribution in [3.05, 3.63) is 110 Å². The number of carbonyl (C=O) groups is 2. The molecular weight excluding hydrogens is 464 g/mol. The molecule has 0 saturated carbocycles. The number of benzene rings is 3. The number of carbonyl (C=O) groups excluding carboxylic acids is 2. The molecular formula is C23H15BrN2O5. The zero-order chi connectivity index (χ0) is 22.1. The molecule has 1 fully saturated rings. The van der Waals surface area contributed by atoms with Crippen LogP contribution >= 0.6 is 15.9 Å². The topological polar surface area (TPSA) is 101 Å². The van der Waals surface area contributed by atoms with Crippen molar-refractivity contribution in [1.29, 1.82) is 0 Å². The first-order chi connectivity index (χ1) is 14.9. The van der Waals surface area contributed by atoms with Gasteiger partial charge in [-0.2, -0.15) is 0 Å². The molecule has 3 aromatic rings. The second-order valence-electron chi connectivity index (χ2n) is 6.83. The number of amides is 1. The average Bonchev–Trinajstić information content (AvgIpc) is 3.04. The summed E-state index contributed by atoms with van der Waals surface area (Å²) in [6, 6.07) is 19.7. The lowest BCUT2D eigenvalue weighted by Gasteiger charge is -2.25. The van der Waals surface area contributed by atoms with Gasteiger partial charge in [0.05, 0.1) is 16.1 Å². The Labute approximate surface area is 185 Å². The molecule has 1 atom stereocenters. The molecule has 0 aromatic heterocycles. The largest absolute Gasteiger partial charge is 0.507 e. The van der Waals surface area contributed by atoms with Crippen LogP contribution in [-0.2, 0) is 9.59 Å². The smallest absolute Gasteiger partial charge is 0.300 e. The molecule has 4 rings (SSSR count). The van der Waals surface area contributed by atoms with E-state index in [0.717, 1.165) is 0 Å². The summed E-state index contributed by atoms with van der Waals surface area (Å²) >= 11 is 3.35. The molecule has 0 bridgehead atoms. The van der Waals surface area contributed by atoms with Crippen molar-refractivity contribution in [2.75, 3.05) is 4.90 Å². The standard InChI is InChI=1S/C23H15BrN2O5/c24-15-9-6-10-16(13-15)25-20(17-11-4-5-12-18(17)26(30)31)19(22(28)23(25)29)21(27)14-7-2-1-3-8-14/h1-13,20,27H/b21-19+/t20-/m1/s1. The normalized spacial score (nSPS) is 17.7. The van der Waals surface area contributed by atoms with Crippen molar-refractivity contribution in [1.82, 2.24) is 0 Å². The number of nitro benzene ring substituents is 1. The fourth-order valence-corrected chi connectivity index (χ4v) is 4.04. The van der Waals surface area contributed by atoms with Crippen LogP contribution in [0, 0.1) is 10.1 Å². The molecule has 7 nitrogen and oxygen atoms in total. The molecule has 3 aromatic carbocycles. The van der Waals surface area contributed by atoms with Gasteiger partial charge in [-0.15, -0.1) is 0 Å². The van der Waals surface area contributed by atoms with E-state index in [1.807, 2.05) is 0 Å². The predicted octanol–water partition coefficient (Wildman–Crippen LogP) is 4.98. The van der Waals surface area contributed by atoms with Gasteiger partial charge in [0.2, 0.25) is 0 Å². The minimum atomic E-state index is -1.17. The van der Waals surface area contributed by atoms with Gasteiger partial charge in [0.1, 0.15) is 11.8 Å². The van der Waals surface area contributed by atoms with Crippen molar-refractivity contribution >= 4 is 44.8 Å². The lowest BCUT2D eigenvalue weighted by atomic mass is 9.94. The Hall–Kier alpha value is -3.78. The monoisotopic (exact) mass is 478 g/mol. The van der Waals surface area contributed by atoms with Gasteiger partial charge >= 0.3 is 0 Å². The summed E-state index contributed by atoms with van der Waals surface area (Å²) in [6.07, 6.45) is 0. The number of hydrogen-bond donors (Lipinski definition) is 1. The van der Waals surface area contributed by atoms with E-state index in [-0.39, 0.29) is 22.6 Å². The number of anilines is 1. The van der Waals surface area contributed by atoms with E-state index in [9.17, 15) is 24.8 Å². The van der Waals surface area contributed by atoms with Crippen LogP contribution in [0.4, 0.5) is 11.4 Å². The summed E-state index contributed by atoms with van der Waals surface area (Å²) in [7, 11) is 0. The fourth-order valence-electron chi connectivity index (χ4n) is 3.66. The molecule has 1 aliphatic heterocycles. The van der Waals surface area contributed by atoms with E-state index in [1.54, 1.807) is 60.7 Å². The molecule has 31 heavy (non-hydrogen) atoms. The first kappa shape index (κ1) is 20.5. The number of aliphatic hydroxyl groups is 1. The predicted molar refractivity (Wildman–Crippen MR) is 118 cm³/mol. The minimum absolute atomic E-state index is 0.129. The molecule has 1 heterocycles. The molecule has 8 heteroatoms. The van der Waals surface area contributed by atoms with Gasteiger partial charge in [0, 0.05) is 21.8 Å². The molecule has 0 unspecified atom stereocenters. The maximum Gasteiger partial charge on any atom is 0.300 e. The van der Waals surface area contributed by atoms with Gasteiger partial charge < -0.3 is 5.11 Å². The second-order valence-corrected chi connectivity index (χ2v) is 7.75. The summed E-state index contributed by atoms with van der Waals surface area (Å²) in [6.45, 7) is 0. The Balaban J connectivity index is 2.02. The van der Waals surface area contributed by atoms with E-state index in [4.69, 9.17) is 0 Å². The van der Waals surface area contributed by atoms with Crippen molar-refractivity contribution in [2.24, 2.45) is 0 Å². The lowest BCUT2D eigenvalue weighted by Crippen LogP contribution is -2.29. The number of Topliss-reactive ketones (excluding diaryl/α,β-unsaturated/α-hetero) is 1. The molecule has 154 valence electrons. The van der Waals surface area contributed by atoms with Crippen LogP contribution in [-0.4, -0.2) is 21.7 Å². The van der Waals surface area contributed by atoms with E-state index in [2.05, 4.69) is 15.9 Å². The number of nitrogens with zero attached hydrogens (tertiary/aromatic N) is 2. The highest BCUT2D eigenvalue weighted by molar-refractivity contribution is 9.10. The van der Waals surface area contributed by atoms with Gasteiger partial charge in [-0.05, 0) is 24.3 Å². The third-order valence-corrected chi connectivity index (χ3v) is 5.50. The number of nitro groups is 1. The molecule has 1 saturated heterocycles. The number of para-hydroxylation sites is 1. The zero-order valence-corrected chi connectivity index (χ0v) is 17.5. The maximum absolute atomic E-state index is 13.1. The molecule has 0 radical (unpaired) electrons. The molecule has 1 aliphatic rings. The minimum Gasteiger partial charge on any atom is -0.507 e. The van der Waals surface area contributed by atoms with Gasteiger partial charge in [0.25, 0.3) is 17.4 Å². The van der Waals surface area contributed by atoms with Crippen LogP contribution in [0.15, 0.2) is 88.9 Å². The Morgan fingerprint density at radius 3 is 2.32 bits per heavy atom. The highest BCUT2D eigenvalue weighted by Gasteiger charge is 2.48. The van der Waals surface area contributed by atoms with Gasteiger partial charge in [-0.25, -0.2) is 0 Å². The van der Waals surface area contributed by atoms with Crippen molar-refractivity contribution in [2.45, 2.75) is 6.04 Å². The van der Waals surface area contributed by atoms with E-state index in [0.29, 0.717) is 15.7 Å². The average molecular weight is 479 g/mol. The maximum atomic E-state index is 13.1. The number of halogens is 1. The van der Waals surface area contributed by atoms with Crippen molar-refractivity contribution < 1.29 is 19.6 Å². The highest BCUT2D eigenvalue weighted by atomic mass is 79.9. The van der Waals surface area contributed by atoms with Crippen molar-refractivity contribution in [3.63, 3.8) is 0 Å². The first-order valence-electron chi connectivity index (χ1n) is 9.25. The van der Waals surface area contributed by atoms with E-state index in [1.165, 1.54) is 23.1 Å². The second kappa shape index (κ2) is 8.16. The number of hydrogen-bond acceptors (Lipinski definition) is 5. The van der Waals surface area contributed by atoms with E-state index < -0.39 is 22.7 Å². The molecule has 0 aliphatic carbocycles. The highest BCUT2D eigenvalue weighted by Crippen LogP contribution is 2.45. The Morgan fingerprint density at radius 2 is 1.65 bits per heavy atom. The lowest BCUT2D eigenvalue weighted by molar-refractivity contribution is -0.385. The molecule has 1 N–H and O–H groups in total.